The van der Waals surface area contributed by atoms with Gasteiger partial charge in [0.05, 0.1) is 35.0 Å². The van der Waals surface area contributed by atoms with Crippen LogP contribution in [-0.2, 0) is 14.8 Å². The topological polar surface area (TPSA) is 91.8 Å². The molecule has 1 aromatic heterocycles. The number of nitrogens with one attached hydrogen (secondary N) is 1. The molecule has 0 unspecified atom stereocenters. The number of anilines is 2. The first-order valence-electron chi connectivity index (χ1n) is 10.4. The summed E-state index contributed by atoms with van der Waals surface area (Å²) in [5.41, 5.74) is 1.48. The predicted molar refractivity (Wildman–Crippen MR) is 119 cm³/mol. The summed E-state index contributed by atoms with van der Waals surface area (Å²) >= 11 is 6.08. The number of amides is 1. The quantitative estimate of drug-likeness (QED) is 0.684. The van der Waals surface area contributed by atoms with E-state index >= 15 is 0 Å². The van der Waals surface area contributed by atoms with Gasteiger partial charge in [-0.05, 0) is 49.6 Å². The maximum Gasteiger partial charge on any atom is 0.258 e. The zero-order valence-electron chi connectivity index (χ0n) is 17.1. The third kappa shape index (κ3) is 4.85. The second-order valence-corrected chi connectivity index (χ2v) is 9.83. The Labute approximate surface area is 187 Å². The van der Waals surface area contributed by atoms with Crippen LogP contribution >= 0.6 is 11.6 Å². The second-order valence-electron chi connectivity index (χ2n) is 7.54. The second kappa shape index (κ2) is 9.52. The smallest absolute Gasteiger partial charge is 0.258 e. The minimum absolute atomic E-state index is 0.0941. The third-order valence-electron chi connectivity index (χ3n) is 5.52. The molecule has 4 rings (SSSR count). The third-order valence-corrected chi connectivity index (χ3v) is 7.72. The van der Waals surface area contributed by atoms with E-state index in [4.69, 9.17) is 16.3 Å². The van der Waals surface area contributed by atoms with Gasteiger partial charge in [-0.25, -0.2) is 13.4 Å². The maximum absolute atomic E-state index is 13.1. The van der Waals surface area contributed by atoms with Crippen molar-refractivity contribution in [3.05, 3.63) is 47.2 Å². The molecule has 1 amide bonds. The van der Waals surface area contributed by atoms with Crippen molar-refractivity contribution in [1.82, 2.24) is 9.29 Å². The molecule has 1 aromatic carbocycles. The number of hydrogen-bond acceptors (Lipinski definition) is 6. The Morgan fingerprint density at radius 1 is 1.06 bits per heavy atom. The number of nitrogens with zero attached hydrogens (tertiary/aromatic N) is 3. The number of hydrogen-bond donors (Lipinski definition) is 1. The number of carbonyl (C=O) groups excluding carboxylic acids is 1. The van der Waals surface area contributed by atoms with E-state index in [1.165, 1.54) is 16.6 Å². The summed E-state index contributed by atoms with van der Waals surface area (Å²) in [5.74, 6) is -0.433. The fourth-order valence-electron chi connectivity index (χ4n) is 3.87. The lowest BCUT2D eigenvalue weighted by Crippen LogP contribution is -2.40. The van der Waals surface area contributed by atoms with E-state index in [1.54, 1.807) is 24.3 Å². The molecule has 8 nitrogen and oxygen atoms in total. The van der Waals surface area contributed by atoms with Crippen molar-refractivity contribution in [2.45, 2.75) is 24.2 Å². The number of sulfonamides is 1. The zero-order valence-corrected chi connectivity index (χ0v) is 18.7. The standard InChI is InChI=1S/C21H25ClN4O4S/c22-20-17(5-4-8-23-20)21(27)24-18-15-16(31(28,29)26-11-13-30-14-12-26)6-7-19(18)25-9-2-1-3-10-25/h4-8,15H,1-3,9-14H2,(H,24,27). The van der Waals surface area contributed by atoms with E-state index in [0.29, 0.717) is 32.0 Å². The van der Waals surface area contributed by atoms with Crippen LogP contribution in [0, 0.1) is 0 Å². The Kier molecular flexibility index (Phi) is 6.76. The number of aromatic nitrogens is 1. The Bertz CT molecular complexity index is 1050. The molecule has 10 heteroatoms. The van der Waals surface area contributed by atoms with E-state index in [2.05, 4.69) is 15.2 Å². The highest BCUT2D eigenvalue weighted by molar-refractivity contribution is 7.89. The van der Waals surface area contributed by atoms with Gasteiger partial charge in [0.15, 0.2) is 0 Å². The molecule has 0 radical (unpaired) electrons. The molecule has 0 atom stereocenters. The molecule has 2 saturated heterocycles. The summed E-state index contributed by atoms with van der Waals surface area (Å²) < 4.78 is 33.0. The van der Waals surface area contributed by atoms with Gasteiger partial charge in [0.1, 0.15) is 5.15 Å². The average molecular weight is 465 g/mol. The first-order valence-corrected chi connectivity index (χ1v) is 12.2. The fourth-order valence-corrected chi connectivity index (χ4v) is 5.51. The summed E-state index contributed by atoms with van der Waals surface area (Å²) in [6, 6.07) is 8.14. The predicted octanol–water partition coefficient (Wildman–Crippen LogP) is 3.00. The lowest BCUT2D eigenvalue weighted by Gasteiger charge is -2.31. The summed E-state index contributed by atoms with van der Waals surface area (Å²) in [6.45, 7) is 3.06. The minimum atomic E-state index is -3.70. The van der Waals surface area contributed by atoms with E-state index in [0.717, 1.165) is 38.0 Å². The molecule has 2 aliphatic heterocycles. The normalized spacial score (nSPS) is 18.0. The van der Waals surface area contributed by atoms with Gasteiger partial charge in [0.2, 0.25) is 10.0 Å². The molecular weight excluding hydrogens is 440 g/mol. The molecule has 2 aromatic rings. The van der Waals surface area contributed by atoms with Gasteiger partial charge in [-0.1, -0.05) is 11.6 Å². The first-order chi connectivity index (χ1) is 15.0. The number of ether oxygens (including phenoxy) is 1. The van der Waals surface area contributed by atoms with E-state index in [1.807, 2.05) is 0 Å². The number of benzene rings is 1. The average Bonchev–Trinajstić information content (AvgIpc) is 2.80. The molecule has 31 heavy (non-hydrogen) atoms. The van der Waals surface area contributed by atoms with Crippen LogP contribution in [0.5, 0.6) is 0 Å². The maximum atomic E-state index is 13.1. The van der Waals surface area contributed by atoms with Crippen molar-refractivity contribution >= 4 is 38.9 Å². The molecule has 0 aliphatic carbocycles. The van der Waals surface area contributed by atoms with Crippen molar-refractivity contribution in [1.29, 1.82) is 0 Å². The number of piperidine rings is 1. The number of halogens is 1. The van der Waals surface area contributed by atoms with E-state index < -0.39 is 15.9 Å². The number of carbonyl (C=O) groups is 1. The van der Waals surface area contributed by atoms with Gasteiger partial charge < -0.3 is 15.0 Å². The fraction of sp³-hybridized carbons (Fsp3) is 0.429. The van der Waals surface area contributed by atoms with Gasteiger partial charge in [-0.15, -0.1) is 0 Å². The van der Waals surface area contributed by atoms with Crippen LogP contribution in [-0.4, -0.2) is 63.0 Å². The number of pyridine rings is 1. The largest absolute Gasteiger partial charge is 0.379 e. The molecule has 1 N–H and O–H groups in total. The molecule has 0 bridgehead atoms. The molecule has 3 heterocycles. The van der Waals surface area contributed by atoms with Gasteiger partial charge in [-0.2, -0.15) is 4.31 Å². The van der Waals surface area contributed by atoms with Gasteiger partial charge in [0, 0.05) is 32.4 Å². The molecule has 2 fully saturated rings. The Morgan fingerprint density at radius 2 is 1.81 bits per heavy atom. The van der Waals surface area contributed by atoms with Crippen LogP contribution in [0.2, 0.25) is 5.15 Å². The van der Waals surface area contributed by atoms with Crippen LogP contribution in [0.15, 0.2) is 41.4 Å². The highest BCUT2D eigenvalue weighted by atomic mass is 35.5. The van der Waals surface area contributed by atoms with Gasteiger partial charge in [0.25, 0.3) is 5.91 Å². The van der Waals surface area contributed by atoms with Gasteiger partial charge >= 0.3 is 0 Å². The van der Waals surface area contributed by atoms with Crippen LogP contribution in [0.25, 0.3) is 0 Å². The lowest BCUT2D eigenvalue weighted by atomic mass is 10.1. The summed E-state index contributed by atoms with van der Waals surface area (Å²) in [5, 5.41) is 2.96. The van der Waals surface area contributed by atoms with Crippen molar-refractivity contribution in [2.24, 2.45) is 0 Å². The van der Waals surface area contributed by atoms with Crippen molar-refractivity contribution in [2.75, 3.05) is 49.6 Å². The molecule has 2 aliphatic rings. The van der Waals surface area contributed by atoms with Crippen molar-refractivity contribution < 1.29 is 17.9 Å². The van der Waals surface area contributed by atoms with Crippen molar-refractivity contribution in [3.63, 3.8) is 0 Å². The number of morpholine rings is 1. The number of rotatable bonds is 5. The monoisotopic (exact) mass is 464 g/mol. The SMILES string of the molecule is O=C(Nc1cc(S(=O)(=O)N2CCOCC2)ccc1N1CCCCC1)c1cccnc1Cl. The molecular formula is C21H25ClN4O4S. The molecule has 166 valence electrons. The molecule has 0 saturated carbocycles. The Hall–Kier alpha value is -2.20. The summed E-state index contributed by atoms with van der Waals surface area (Å²) in [6.07, 6.45) is 4.77. The van der Waals surface area contributed by atoms with E-state index in [9.17, 15) is 13.2 Å². The highest BCUT2D eigenvalue weighted by Gasteiger charge is 2.28. The van der Waals surface area contributed by atoms with Crippen molar-refractivity contribution in [3.8, 4) is 0 Å². The Morgan fingerprint density at radius 3 is 2.52 bits per heavy atom. The van der Waals surface area contributed by atoms with Crippen LogP contribution < -0.4 is 10.2 Å². The zero-order chi connectivity index (χ0) is 21.8. The molecule has 0 spiro atoms. The van der Waals surface area contributed by atoms with Crippen LogP contribution in [0.3, 0.4) is 0 Å². The van der Waals surface area contributed by atoms with Gasteiger partial charge in [-0.3, -0.25) is 4.79 Å². The summed E-state index contributed by atoms with van der Waals surface area (Å²) in [7, 11) is -3.70. The summed E-state index contributed by atoms with van der Waals surface area (Å²) in [4.78, 5) is 19.2. The van der Waals surface area contributed by atoms with Crippen LogP contribution in [0.4, 0.5) is 11.4 Å². The Balaban J connectivity index is 1.69. The first kappa shape index (κ1) is 22.0. The van der Waals surface area contributed by atoms with Crippen LogP contribution in [0.1, 0.15) is 29.6 Å². The van der Waals surface area contributed by atoms with E-state index in [-0.39, 0.29) is 15.6 Å². The minimum Gasteiger partial charge on any atom is -0.379 e. The lowest BCUT2D eigenvalue weighted by molar-refractivity contribution is 0.0730. The highest BCUT2D eigenvalue weighted by Crippen LogP contribution is 2.33.